The van der Waals surface area contributed by atoms with E-state index in [0.29, 0.717) is 31.3 Å². The van der Waals surface area contributed by atoms with Crippen LogP contribution < -0.4 is 4.90 Å². The summed E-state index contributed by atoms with van der Waals surface area (Å²) in [7, 11) is 0. The number of anilines is 1. The number of ether oxygens (including phenoxy) is 1. The molecule has 0 unspecified atom stereocenters. The number of rotatable bonds is 3. The van der Waals surface area contributed by atoms with Gasteiger partial charge in [-0.3, -0.25) is 4.79 Å². The number of piperidine rings is 1. The van der Waals surface area contributed by atoms with Gasteiger partial charge in [-0.15, -0.1) is 0 Å². The van der Waals surface area contributed by atoms with Crippen molar-refractivity contribution < 1.29 is 9.53 Å². The molecular weight excluding hydrogens is 256 g/mol. The number of aryl methyl sites for hydroxylation is 1. The molecule has 6 nitrogen and oxygen atoms in total. The zero-order chi connectivity index (χ0) is 14.5. The van der Waals surface area contributed by atoms with E-state index in [9.17, 15) is 4.79 Å². The molecule has 0 atom stereocenters. The Balaban J connectivity index is 2.02. The topological polar surface area (TPSA) is 79.1 Å². The third kappa shape index (κ3) is 3.23. The molecule has 1 aromatic heterocycles. The number of carbonyl (C=O) groups excluding carboxylic acids is 1. The molecule has 0 aliphatic carbocycles. The minimum atomic E-state index is -0.116. The van der Waals surface area contributed by atoms with Gasteiger partial charge < -0.3 is 9.64 Å². The first-order valence-electron chi connectivity index (χ1n) is 6.81. The minimum absolute atomic E-state index is 0.0357. The molecule has 0 radical (unpaired) electrons. The lowest BCUT2D eigenvalue weighted by atomic mass is 9.97. The largest absolute Gasteiger partial charge is 0.466 e. The molecule has 0 saturated carbocycles. The van der Waals surface area contributed by atoms with Crippen molar-refractivity contribution >= 4 is 11.9 Å². The second-order valence-corrected chi connectivity index (χ2v) is 4.82. The van der Waals surface area contributed by atoms with Gasteiger partial charge in [0.2, 0.25) is 5.95 Å². The van der Waals surface area contributed by atoms with E-state index in [0.717, 1.165) is 18.5 Å². The van der Waals surface area contributed by atoms with Crippen molar-refractivity contribution in [2.75, 3.05) is 24.6 Å². The zero-order valence-corrected chi connectivity index (χ0v) is 11.8. The second-order valence-electron chi connectivity index (χ2n) is 4.82. The molecule has 106 valence electrons. The van der Waals surface area contributed by atoms with Crippen LogP contribution in [0.2, 0.25) is 0 Å². The fraction of sp³-hybridized carbons (Fsp3) is 0.571. The molecule has 1 saturated heterocycles. The van der Waals surface area contributed by atoms with Gasteiger partial charge in [-0.1, -0.05) is 0 Å². The van der Waals surface area contributed by atoms with Crippen molar-refractivity contribution in [3.63, 3.8) is 0 Å². The Bertz CT molecular complexity index is 530. The van der Waals surface area contributed by atoms with Crippen molar-refractivity contribution in [1.82, 2.24) is 9.97 Å². The maximum atomic E-state index is 11.7. The summed E-state index contributed by atoms with van der Waals surface area (Å²) in [5.74, 6) is 0.422. The highest BCUT2D eigenvalue weighted by atomic mass is 16.5. The molecule has 1 fully saturated rings. The van der Waals surface area contributed by atoms with Crippen molar-refractivity contribution in [2.24, 2.45) is 5.92 Å². The average Bonchev–Trinajstić information content (AvgIpc) is 2.47. The zero-order valence-electron chi connectivity index (χ0n) is 11.8. The van der Waals surface area contributed by atoms with Crippen LogP contribution >= 0.6 is 0 Å². The SMILES string of the molecule is CCOC(=O)C1CCN(c2nc(C)cc(C#N)n2)CC1. The number of nitrogens with zero attached hydrogens (tertiary/aromatic N) is 4. The van der Waals surface area contributed by atoms with Crippen LogP contribution in [0.25, 0.3) is 0 Å². The van der Waals surface area contributed by atoms with Crippen LogP contribution in [0.5, 0.6) is 0 Å². The van der Waals surface area contributed by atoms with Gasteiger partial charge in [-0.05, 0) is 32.8 Å². The lowest BCUT2D eigenvalue weighted by Crippen LogP contribution is -2.38. The molecule has 0 aromatic carbocycles. The van der Waals surface area contributed by atoms with Gasteiger partial charge in [0.25, 0.3) is 0 Å². The number of nitriles is 1. The van der Waals surface area contributed by atoms with E-state index < -0.39 is 0 Å². The molecule has 1 aromatic rings. The predicted octanol–water partition coefficient (Wildman–Crippen LogP) is 1.44. The summed E-state index contributed by atoms with van der Waals surface area (Å²) in [4.78, 5) is 22.3. The molecule has 0 spiro atoms. The smallest absolute Gasteiger partial charge is 0.309 e. The quantitative estimate of drug-likeness (QED) is 0.776. The van der Waals surface area contributed by atoms with Crippen LogP contribution in [-0.2, 0) is 9.53 Å². The van der Waals surface area contributed by atoms with E-state index in [-0.39, 0.29) is 11.9 Å². The summed E-state index contributed by atoms with van der Waals surface area (Å²) in [6, 6.07) is 3.70. The first-order valence-corrected chi connectivity index (χ1v) is 6.81. The number of aromatic nitrogens is 2. The molecule has 2 rings (SSSR count). The summed E-state index contributed by atoms with van der Waals surface area (Å²) < 4.78 is 5.05. The summed E-state index contributed by atoms with van der Waals surface area (Å²) in [5.41, 5.74) is 1.15. The molecule has 0 amide bonds. The van der Waals surface area contributed by atoms with Gasteiger partial charge in [0.1, 0.15) is 11.8 Å². The third-order valence-corrected chi connectivity index (χ3v) is 3.35. The average molecular weight is 274 g/mol. The second kappa shape index (κ2) is 6.33. The van der Waals surface area contributed by atoms with Gasteiger partial charge in [0.15, 0.2) is 0 Å². The van der Waals surface area contributed by atoms with Gasteiger partial charge in [0, 0.05) is 18.8 Å². The van der Waals surface area contributed by atoms with E-state index in [1.807, 2.05) is 24.8 Å². The first-order chi connectivity index (χ1) is 9.63. The van der Waals surface area contributed by atoms with Crippen molar-refractivity contribution in [1.29, 1.82) is 5.26 Å². The van der Waals surface area contributed by atoms with Crippen molar-refractivity contribution in [3.05, 3.63) is 17.5 Å². The van der Waals surface area contributed by atoms with E-state index in [4.69, 9.17) is 10.00 Å². The number of hydrogen-bond acceptors (Lipinski definition) is 6. The molecule has 6 heteroatoms. The number of carbonyl (C=O) groups is 1. The molecular formula is C14H18N4O2. The highest BCUT2D eigenvalue weighted by Gasteiger charge is 2.27. The summed E-state index contributed by atoms with van der Waals surface area (Å²) in [6.07, 6.45) is 1.47. The lowest BCUT2D eigenvalue weighted by molar-refractivity contribution is -0.148. The predicted molar refractivity (Wildman–Crippen MR) is 73.1 cm³/mol. The lowest BCUT2D eigenvalue weighted by Gasteiger charge is -2.30. The molecule has 2 heterocycles. The molecule has 1 aliphatic rings. The number of esters is 1. The van der Waals surface area contributed by atoms with Crippen molar-refractivity contribution in [2.45, 2.75) is 26.7 Å². The fourth-order valence-electron chi connectivity index (χ4n) is 2.33. The highest BCUT2D eigenvalue weighted by molar-refractivity contribution is 5.72. The van der Waals surface area contributed by atoms with E-state index in [1.54, 1.807) is 6.07 Å². The Kier molecular flexibility index (Phi) is 4.51. The van der Waals surface area contributed by atoms with Crippen LogP contribution in [0.3, 0.4) is 0 Å². The third-order valence-electron chi connectivity index (χ3n) is 3.35. The molecule has 0 bridgehead atoms. The van der Waals surface area contributed by atoms with Crippen LogP contribution in [-0.4, -0.2) is 35.6 Å². The standard InChI is InChI=1S/C14H18N4O2/c1-3-20-13(19)11-4-6-18(7-5-11)14-16-10(2)8-12(9-15)17-14/h8,11H,3-7H2,1-2H3. The Hall–Kier alpha value is -2.16. The van der Waals surface area contributed by atoms with E-state index in [2.05, 4.69) is 9.97 Å². The number of hydrogen-bond donors (Lipinski definition) is 0. The van der Waals surface area contributed by atoms with Gasteiger partial charge in [0.05, 0.1) is 12.5 Å². The first kappa shape index (κ1) is 14.3. The molecule has 20 heavy (non-hydrogen) atoms. The monoisotopic (exact) mass is 274 g/mol. The van der Waals surface area contributed by atoms with Gasteiger partial charge >= 0.3 is 5.97 Å². The van der Waals surface area contributed by atoms with Gasteiger partial charge in [-0.25, -0.2) is 9.97 Å². The summed E-state index contributed by atoms with van der Waals surface area (Å²) in [6.45, 7) is 5.50. The van der Waals surface area contributed by atoms with Crippen LogP contribution in [0, 0.1) is 24.2 Å². The summed E-state index contributed by atoms with van der Waals surface area (Å²) in [5, 5.41) is 8.94. The normalized spacial score (nSPS) is 15.8. The van der Waals surface area contributed by atoms with Crippen LogP contribution in [0.1, 0.15) is 31.2 Å². The molecule has 0 N–H and O–H groups in total. The van der Waals surface area contributed by atoms with Crippen LogP contribution in [0.4, 0.5) is 5.95 Å². The minimum Gasteiger partial charge on any atom is -0.466 e. The highest BCUT2D eigenvalue weighted by Crippen LogP contribution is 2.22. The maximum absolute atomic E-state index is 11.7. The Morgan fingerprint density at radius 1 is 1.50 bits per heavy atom. The Labute approximate surface area is 118 Å². The fourth-order valence-corrected chi connectivity index (χ4v) is 2.33. The van der Waals surface area contributed by atoms with E-state index >= 15 is 0 Å². The van der Waals surface area contributed by atoms with E-state index in [1.165, 1.54) is 0 Å². The van der Waals surface area contributed by atoms with Crippen molar-refractivity contribution in [3.8, 4) is 6.07 Å². The maximum Gasteiger partial charge on any atom is 0.309 e. The Morgan fingerprint density at radius 2 is 2.20 bits per heavy atom. The van der Waals surface area contributed by atoms with Crippen LogP contribution in [0.15, 0.2) is 6.07 Å². The Morgan fingerprint density at radius 3 is 2.80 bits per heavy atom. The summed E-state index contributed by atoms with van der Waals surface area (Å²) >= 11 is 0. The van der Waals surface area contributed by atoms with Gasteiger partial charge in [-0.2, -0.15) is 5.26 Å². The molecule has 1 aliphatic heterocycles.